The van der Waals surface area contributed by atoms with Gasteiger partial charge in [0.15, 0.2) is 0 Å². The third-order valence-electron chi connectivity index (χ3n) is 3.56. The lowest BCUT2D eigenvalue weighted by molar-refractivity contribution is 0.0784. The van der Waals surface area contributed by atoms with Gasteiger partial charge in [0.25, 0.3) is 5.91 Å². The van der Waals surface area contributed by atoms with Gasteiger partial charge in [0.2, 0.25) is 0 Å². The number of anilines is 1. The summed E-state index contributed by atoms with van der Waals surface area (Å²) >= 11 is 3.51. The lowest BCUT2D eigenvalue weighted by atomic mass is 10.0. The molecule has 0 aliphatic heterocycles. The fourth-order valence-corrected chi connectivity index (χ4v) is 2.67. The van der Waals surface area contributed by atoms with Crippen molar-refractivity contribution < 1.29 is 4.79 Å². The van der Waals surface area contributed by atoms with Crippen molar-refractivity contribution >= 4 is 27.5 Å². The largest absolute Gasteiger partial charge is 0.398 e. The molecule has 0 aliphatic carbocycles. The van der Waals surface area contributed by atoms with Gasteiger partial charge in [-0.3, -0.25) is 4.79 Å². The van der Waals surface area contributed by atoms with Gasteiger partial charge in [-0.15, -0.1) is 0 Å². The summed E-state index contributed by atoms with van der Waals surface area (Å²) in [7, 11) is 1.80. The second-order valence-corrected chi connectivity index (χ2v) is 6.13. The number of nitrogen functional groups attached to an aromatic ring is 1. The van der Waals surface area contributed by atoms with Crippen LogP contribution in [0.5, 0.6) is 0 Å². The summed E-state index contributed by atoms with van der Waals surface area (Å²) in [5.41, 5.74) is 10.3. The van der Waals surface area contributed by atoms with Gasteiger partial charge in [-0.05, 0) is 42.7 Å². The Bertz CT molecular complexity index is 682. The highest BCUT2D eigenvalue weighted by Crippen LogP contribution is 2.21. The smallest absolute Gasteiger partial charge is 0.254 e. The molecule has 0 radical (unpaired) electrons. The zero-order valence-electron chi connectivity index (χ0n) is 12.5. The van der Waals surface area contributed by atoms with Crippen molar-refractivity contribution in [2.75, 3.05) is 12.8 Å². The molecule has 1 amide bonds. The summed E-state index contributed by atoms with van der Waals surface area (Å²) in [6, 6.07) is 11.6. The van der Waals surface area contributed by atoms with Crippen LogP contribution in [0.4, 0.5) is 5.69 Å². The maximum atomic E-state index is 12.6. The first-order valence-corrected chi connectivity index (χ1v) is 7.55. The normalized spacial score (nSPS) is 10.5. The van der Waals surface area contributed by atoms with Crippen LogP contribution < -0.4 is 5.73 Å². The minimum atomic E-state index is -0.0186. The average molecular weight is 347 g/mol. The molecule has 2 aromatic carbocycles. The number of nitrogens with zero attached hydrogens (tertiary/aromatic N) is 1. The van der Waals surface area contributed by atoms with E-state index in [-0.39, 0.29) is 5.91 Å². The molecule has 0 spiro atoms. The van der Waals surface area contributed by atoms with E-state index in [4.69, 9.17) is 5.73 Å². The van der Waals surface area contributed by atoms with Crippen LogP contribution in [0.3, 0.4) is 0 Å². The van der Waals surface area contributed by atoms with Crippen molar-refractivity contribution in [2.24, 2.45) is 0 Å². The predicted octanol–water partition coefficient (Wildman–Crippen LogP) is 3.92. The van der Waals surface area contributed by atoms with Crippen LogP contribution in [0.15, 0.2) is 40.9 Å². The van der Waals surface area contributed by atoms with E-state index in [1.54, 1.807) is 18.0 Å². The predicted molar refractivity (Wildman–Crippen MR) is 90.3 cm³/mol. The molecule has 0 heterocycles. The fourth-order valence-electron chi connectivity index (χ4n) is 2.26. The minimum absolute atomic E-state index is 0.0186. The number of carbonyl (C=O) groups excluding carboxylic acids is 1. The van der Waals surface area contributed by atoms with Crippen LogP contribution in [0.25, 0.3) is 0 Å². The minimum Gasteiger partial charge on any atom is -0.398 e. The molecule has 0 saturated carbocycles. The Hall–Kier alpha value is -1.81. The van der Waals surface area contributed by atoms with Crippen LogP contribution in [-0.4, -0.2) is 17.9 Å². The van der Waals surface area contributed by atoms with E-state index in [2.05, 4.69) is 15.9 Å². The molecule has 0 atom stereocenters. The van der Waals surface area contributed by atoms with E-state index < -0.39 is 0 Å². The summed E-state index contributed by atoms with van der Waals surface area (Å²) in [6.45, 7) is 4.43. The molecule has 3 nitrogen and oxygen atoms in total. The molecule has 4 heteroatoms. The number of carbonyl (C=O) groups is 1. The lowest BCUT2D eigenvalue weighted by Crippen LogP contribution is -2.27. The zero-order chi connectivity index (χ0) is 15.6. The number of amides is 1. The average Bonchev–Trinajstić information content (AvgIpc) is 2.44. The zero-order valence-corrected chi connectivity index (χ0v) is 14.1. The van der Waals surface area contributed by atoms with E-state index in [1.165, 1.54) is 0 Å². The first-order chi connectivity index (χ1) is 9.90. The standard InChI is InChI=1S/C17H19BrN2O/c1-11-8-12(2)16(19)9-14(11)17(21)20(3)10-13-6-4-5-7-15(13)18/h4-9H,10,19H2,1-3H3. The first kappa shape index (κ1) is 15.6. The number of aryl methyl sites for hydroxylation is 2. The summed E-state index contributed by atoms with van der Waals surface area (Å²) in [6.07, 6.45) is 0. The van der Waals surface area contributed by atoms with Crippen molar-refractivity contribution in [3.05, 3.63) is 63.1 Å². The van der Waals surface area contributed by atoms with Gasteiger partial charge >= 0.3 is 0 Å². The highest BCUT2D eigenvalue weighted by atomic mass is 79.9. The number of halogens is 1. The summed E-state index contributed by atoms with van der Waals surface area (Å²) < 4.78 is 1.00. The Labute approximate surface area is 133 Å². The van der Waals surface area contributed by atoms with Crippen molar-refractivity contribution in [2.45, 2.75) is 20.4 Å². The number of benzene rings is 2. The van der Waals surface area contributed by atoms with Crippen LogP contribution in [0, 0.1) is 13.8 Å². The van der Waals surface area contributed by atoms with Crippen LogP contribution in [0.1, 0.15) is 27.0 Å². The van der Waals surface area contributed by atoms with Gasteiger partial charge in [0.1, 0.15) is 0 Å². The molecular weight excluding hydrogens is 328 g/mol. The van der Waals surface area contributed by atoms with Gasteiger partial charge in [0.05, 0.1) is 0 Å². The van der Waals surface area contributed by atoms with E-state index in [0.29, 0.717) is 17.8 Å². The quantitative estimate of drug-likeness (QED) is 0.856. The molecule has 110 valence electrons. The van der Waals surface area contributed by atoms with Crippen molar-refractivity contribution in [3.8, 4) is 0 Å². The van der Waals surface area contributed by atoms with Crippen molar-refractivity contribution in [3.63, 3.8) is 0 Å². The fraction of sp³-hybridized carbons (Fsp3) is 0.235. The van der Waals surface area contributed by atoms with Crippen molar-refractivity contribution in [1.82, 2.24) is 4.90 Å². The number of hydrogen-bond donors (Lipinski definition) is 1. The number of rotatable bonds is 3. The Morgan fingerprint density at radius 1 is 1.19 bits per heavy atom. The highest BCUT2D eigenvalue weighted by Gasteiger charge is 2.16. The van der Waals surface area contributed by atoms with Gasteiger partial charge < -0.3 is 10.6 Å². The summed E-state index contributed by atoms with van der Waals surface area (Å²) in [5, 5.41) is 0. The third-order valence-corrected chi connectivity index (χ3v) is 4.33. The van der Waals surface area contributed by atoms with E-state index in [9.17, 15) is 4.79 Å². The molecule has 0 unspecified atom stereocenters. The molecular formula is C17H19BrN2O. The number of hydrogen-bond acceptors (Lipinski definition) is 2. The first-order valence-electron chi connectivity index (χ1n) is 6.75. The molecule has 2 rings (SSSR count). The van der Waals surface area contributed by atoms with Crippen LogP contribution >= 0.6 is 15.9 Å². The second kappa shape index (κ2) is 6.31. The summed E-state index contributed by atoms with van der Waals surface area (Å²) in [5.74, 6) is -0.0186. The molecule has 2 N–H and O–H groups in total. The second-order valence-electron chi connectivity index (χ2n) is 5.28. The van der Waals surface area contributed by atoms with E-state index in [1.807, 2.05) is 44.2 Å². The molecule has 0 aromatic heterocycles. The lowest BCUT2D eigenvalue weighted by Gasteiger charge is -2.20. The number of nitrogens with two attached hydrogens (primary N) is 1. The van der Waals surface area contributed by atoms with Crippen LogP contribution in [0.2, 0.25) is 0 Å². The Kier molecular flexibility index (Phi) is 4.68. The molecule has 0 saturated heterocycles. The van der Waals surface area contributed by atoms with E-state index in [0.717, 1.165) is 21.2 Å². The maximum absolute atomic E-state index is 12.6. The molecule has 0 bridgehead atoms. The Morgan fingerprint density at radius 3 is 2.52 bits per heavy atom. The van der Waals surface area contributed by atoms with Gasteiger partial charge in [-0.1, -0.05) is 40.2 Å². The SMILES string of the molecule is Cc1cc(C)c(C(=O)N(C)Cc2ccccc2Br)cc1N. The monoisotopic (exact) mass is 346 g/mol. The molecule has 0 fully saturated rings. The molecule has 2 aromatic rings. The van der Waals surface area contributed by atoms with Gasteiger partial charge in [-0.25, -0.2) is 0 Å². The Balaban J connectivity index is 2.24. The van der Waals surface area contributed by atoms with Crippen LogP contribution in [-0.2, 0) is 6.54 Å². The molecule has 21 heavy (non-hydrogen) atoms. The molecule has 0 aliphatic rings. The maximum Gasteiger partial charge on any atom is 0.254 e. The Morgan fingerprint density at radius 2 is 1.86 bits per heavy atom. The summed E-state index contributed by atoms with van der Waals surface area (Å²) in [4.78, 5) is 14.3. The highest BCUT2D eigenvalue weighted by molar-refractivity contribution is 9.10. The van der Waals surface area contributed by atoms with Gasteiger partial charge in [0, 0.05) is 29.3 Å². The van der Waals surface area contributed by atoms with E-state index >= 15 is 0 Å². The van der Waals surface area contributed by atoms with Gasteiger partial charge in [-0.2, -0.15) is 0 Å². The van der Waals surface area contributed by atoms with Crippen molar-refractivity contribution in [1.29, 1.82) is 0 Å². The third kappa shape index (κ3) is 3.45. The topological polar surface area (TPSA) is 46.3 Å².